The van der Waals surface area contributed by atoms with Gasteiger partial charge in [0, 0.05) is 24.4 Å². The van der Waals surface area contributed by atoms with Crippen molar-refractivity contribution < 1.29 is 13.2 Å². The summed E-state index contributed by atoms with van der Waals surface area (Å²) in [6, 6.07) is 6.47. The van der Waals surface area contributed by atoms with Gasteiger partial charge in [-0.1, -0.05) is 12.1 Å². The molecule has 0 saturated heterocycles. The van der Waals surface area contributed by atoms with Gasteiger partial charge in [-0.3, -0.25) is 4.79 Å². The van der Waals surface area contributed by atoms with Crippen molar-refractivity contribution in [3.8, 4) is 0 Å². The highest BCUT2D eigenvalue weighted by Gasteiger charge is 2.14. The molecule has 0 fully saturated rings. The summed E-state index contributed by atoms with van der Waals surface area (Å²) < 4.78 is 27.7. The Hall–Kier alpha value is -2.85. The van der Waals surface area contributed by atoms with Gasteiger partial charge < -0.3 is 5.32 Å². The molecule has 148 valence electrons. The third kappa shape index (κ3) is 4.18. The Morgan fingerprint density at radius 2 is 2.04 bits per heavy atom. The molecule has 3 aromatic rings. The predicted molar refractivity (Wildman–Crippen MR) is 103 cm³/mol. The number of nitrogens with one attached hydrogen (secondary N) is 2. The molecule has 1 aromatic carbocycles. The van der Waals surface area contributed by atoms with Crippen LogP contribution in [0.25, 0.3) is 5.78 Å². The maximum Gasteiger partial charge on any atom is 0.252 e. The minimum absolute atomic E-state index is 0.126. The van der Waals surface area contributed by atoms with Gasteiger partial charge in [0.2, 0.25) is 15.9 Å². The van der Waals surface area contributed by atoms with Crippen molar-refractivity contribution in [1.29, 1.82) is 0 Å². The van der Waals surface area contributed by atoms with Crippen LogP contribution in [0.4, 0.5) is 0 Å². The van der Waals surface area contributed by atoms with Crippen LogP contribution in [0.5, 0.6) is 0 Å². The van der Waals surface area contributed by atoms with Gasteiger partial charge in [0.1, 0.15) is 6.33 Å². The lowest BCUT2D eigenvalue weighted by molar-refractivity contribution is -0.121. The van der Waals surface area contributed by atoms with Crippen LogP contribution < -0.4 is 10.0 Å². The van der Waals surface area contributed by atoms with E-state index in [2.05, 4.69) is 25.1 Å². The summed E-state index contributed by atoms with van der Waals surface area (Å²) in [5.41, 5.74) is 3.42. The second kappa shape index (κ2) is 8.03. The van der Waals surface area contributed by atoms with Crippen molar-refractivity contribution in [2.45, 2.75) is 38.1 Å². The fraction of sp³-hybridized carbons (Fsp3) is 0.333. The molecule has 28 heavy (non-hydrogen) atoms. The molecule has 0 atom stereocenters. The normalized spacial score (nSPS) is 11.7. The van der Waals surface area contributed by atoms with Gasteiger partial charge in [-0.2, -0.15) is 10.1 Å². The molecule has 2 heterocycles. The second-order valence-corrected chi connectivity index (χ2v) is 8.25. The van der Waals surface area contributed by atoms with Crippen molar-refractivity contribution in [2.24, 2.45) is 0 Å². The summed E-state index contributed by atoms with van der Waals surface area (Å²) in [6.07, 6.45) is 2.27. The molecule has 0 bridgehead atoms. The van der Waals surface area contributed by atoms with Crippen LogP contribution in [0.2, 0.25) is 0 Å². The topological polar surface area (TPSA) is 118 Å². The van der Waals surface area contributed by atoms with Gasteiger partial charge in [0.15, 0.2) is 0 Å². The molecule has 0 saturated carbocycles. The molecule has 0 radical (unpaired) electrons. The Morgan fingerprint density at radius 3 is 2.79 bits per heavy atom. The first kappa shape index (κ1) is 19.9. The van der Waals surface area contributed by atoms with Crippen molar-refractivity contribution >= 4 is 21.7 Å². The van der Waals surface area contributed by atoms with E-state index in [0.29, 0.717) is 17.8 Å². The van der Waals surface area contributed by atoms with Crippen LogP contribution in [0.3, 0.4) is 0 Å². The van der Waals surface area contributed by atoms with Gasteiger partial charge in [0.25, 0.3) is 5.78 Å². The van der Waals surface area contributed by atoms with Crippen LogP contribution in [0.1, 0.15) is 28.9 Å². The molecule has 9 nitrogen and oxygen atoms in total. The van der Waals surface area contributed by atoms with Gasteiger partial charge in [-0.05, 0) is 50.6 Å². The lowest BCUT2D eigenvalue weighted by Crippen LogP contribution is -2.24. The first-order valence-corrected chi connectivity index (χ1v) is 10.2. The molecule has 0 unspecified atom stereocenters. The summed E-state index contributed by atoms with van der Waals surface area (Å²) in [4.78, 5) is 20.9. The summed E-state index contributed by atoms with van der Waals surface area (Å²) in [7, 11) is -2.15. The lowest BCUT2D eigenvalue weighted by atomic mass is 10.1. The molecular formula is C18H22N6O3S. The molecule has 2 aromatic heterocycles. The number of aromatic nitrogens is 4. The van der Waals surface area contributed by atoms with Gasteiger partial charge in [-0.25, -0.2) is 22.6 Å². The summed E-state index contributed by atoms with van der Waals surface area (Å²) in [5, 5.41) is 6.97. The van der Waals surface area contributed by atoms with Crippen LogP contribution >= 0.6 is 0 Å². The standard InChI is InChI=1S/C18H22N6O3S/c1-12-16(13(2)24-18(23-12)21-11-22-24)7-8-17(25)20-10-14-5-4-6-15(9-14)28(26,27)19-3/h4-6,9,11,19H,7-8,10H2,1-3H3,(H,20,25). The van der Waals surface area contributed by atoms with E-state index >= 15 is 0 Å². The van der Waals surface area contributed by atoms with Crippen LogP contribution in [-0.2, 0) is 27.8 Å². The number of hydrogen-bond acceptors (Lipinski definition) is 6. The summed E-state index contributed by atoms with van der Waals surface area (Å²) in [6.45, 7) is 4.07. The molecule has 1 amide bonds. The average molecular weight is 402 g/mol. The molecule has 3 rings (SSSR count). The van der Waals surface area contributed by atoms with Crippen LogP contribution in [0, 0.1) is 13.8 Å². The lowest BCUT2D eigenvalue weighted by Gasteiger charge is -2.11. The Kier molecular flexibility index (Phi) is 5.71. The van der Waals surface area contributed by atoms with E-state index in [-0.39, 0.29) is 23.8 Å². The molecule has 0 spiro atoms. The molecular weight excluding hydrogens is 380 g/mol. The van der Waals surface area contributed by atoms with E-state index in [1.54, 1.807) is 22.7 Å². The minimum Gasteiger partial charge on any atom is -0.352 e. The van der Waals surface area contributed by atoms with Crippen molar-refractivity contribution in [3.63, 3.8) is 0 Å². The zero-order chi connectivity index (χ0) is 20.3. The second-order valence-electron chi connectivity index (χ2n) is 6.36. The van der Waals surface area contributed by atoms with Crippen molar-refractivity contribution in [1.82, 2.24) is 29.6 Å². The number of sulfonamides is 1. The van der Waals surface area contributed by atoms with E-state index in [0.717, 1.165) is 17.0 Å². The van der Waals surface area contributed by atoms with Crippen LogP contribution in [0.15, 0.2) is 35.5 Å². The highest BCUT2D eigenvalue weighted by Crippen LogP contribution is 2.15. The van der Waals surface area contributed by atoms with Crippen LogP contribution in [-0.4, -0.2) is 41.0 Å². The van der Waals surface area contributed by atoms with Gasteiger partial charge in [0.05, 0.1) is 4.90 Å². The summed E-state index contributed by atoms with van der Waals surface area (Å²) >= 11 is 0. The van der Waals surface area contributed by atoms with Crippen molar-refractivity contribution in [3.05, 3.63) is 53.1 Å². The van der Waals surface area contributed by atoms with E-state index in [1.807, 2.05) is 13.8 Å². The monoisotopic (exact) mass is 402 g/mol. The zero-order valence-corrected chi connectivity index (χ0v) is 16.7. The average Bonchev–Trinajstić information content (AvgIpc) is 3.15. The number of carbonyl (C=O) groups excluding carboxylic acids is 1. The largest absolute Gasteiger partial charge is 0.352 e. The smallest absolute Gasteiger partial charge is 0.252 e. The molecule has 0 aliphatic carbocycles. The molecule has 10 heteroatoms. The van der Waals surface area contributed by atoms with Gasteiger partial charge >= 0.3 is 0 Å². The van der Waals surface area contributed by atoms with Gasteiger partial charge in [-0.15, -0.1) is 0 Å². The van der Waals surface area contributed by atoms with E-state index < -0.39 is 10.0 Å². The number of carbonyl (C=O) groups is 1. The summed E-state index contributed by atoms with van der Waals surface area (Å²) in [5.74, 6) is 0.416. The Bertz CT molecular complexity index is 1120. The van der Waals surface area contributed by atoms with E-state index in [4.69, 9.17) is 0 Å². The number of amides is 1. The third-order valence-corrected chi connectivity index (χ3v) is 5.97. The minimum atomic E-state index is -3.51. The number of hydrogen-bond donors (Lipinski definition) is 2. The first-order chi connectivity index (χ1) is 13.3. The number of benzene rings is 1. The number of aryl methyl sites for hydroxylation is 2. The Balaban J connectivity index is 1.62. The fourth-order valence-electron chi connectivity index (χ4n) is 2.99. The highest BCUT2D eigenvalue weighted by atomic mass is 32.2. The quantitative estimate of drug-likeness (QED) is 0.606. The SMILES string of the molecule is CNS(=O)(=O)c1cccc(CNC(=O)CCc2c(C)nc3ncnn3c2C)c1. The first-order valence-electron chi connectivity index (χ1n) is 8.77. The third-order valence-electron chi connectivity index (χ3n) is 4.56. The van der Waals surface area contributed by atoms with E-state index in [9.17, 15) is 13.2 Å². The predicted octanol–water partition coefficient (Wildman–Crippen LogP) is 0.898. The number of nitrogens with zero attached hydrogens (tertiary/aromatic N) is 4. The Morgan fingerprint density at radius 1 is 1.25 bits per heavy atom. The molecule has 0 aliphatic heterocycles. The number of rotatable bonds is 7. The fourth-order valence-corrected chi connectivity index (χ4v) is 3.79. The Labute approximate surface area is 163 Å². The maximum absolute atomic E-state index is 12.3. The van der Waals surface area contributed by atoms with Crippen molar-refractivity contribution in [2.75, 3.05) is 7.05 Å². The molecule has 2 N–H and O–H groups in total. The number of fused-ring (bicyclic) bond motifs is 1. The molecule has 0 aliphatic rings. The highest BCUT2D eigenvalue weighted by molar-refractivity contribution is 7.89. The maximum atomic E-state index is 12.3. The van der Waals surface area contributed by atoms with E-state index in [1.165, 1.54) is 19.4 Å². The zero-order valence-electron chi connectivity index (χ0n) is 15.9.